The van der Waals surface area contributed by atoms with Crippen molar-refractivity contribution >= 4 is 22.6 Å². The molecule has 13 heavy (non-hydrogen) atoms. The number of nitrogens with zero attached hydrogens (tertiary/aromatic N) is 1. The van der Waals surface area contributed by atoms with Crippen molar-refractivity contribution in [3.63, 3.8) is 0 Å². The van der Waals surface area contributed by atoms with E-state index in [1.165, 1.54) is 0 Å². The van der Waals surface area contributed by atoms with E-state index in [9.17, 15) is 0 Å². The Morgan fingerprint density at radius 1 is 1.62 bits per heavy atom. The first kappa shape index (κ1) is 10.3. The van der Waals surface area contributed by atoms with Crippen LogP contribution < -0.4 is 4.74 Å². The minimum absolute atomic E-state index is 0.122. The lowest BCUT2D eigenvalue weighted by Gasteiger charge is -2.06. The first-order valence-electron chi connectivity index (χ1n) is 3.60. The summed E-state index contributed by atoms with van der Waals surface area (Å²) < 4.78 is 5.94. The van der Waals surface area contributed by atoms with Crippen LogP contribution in [0.5, 0.6) is 5.75 Å². The van der Waals surface area contributed by atoms with Gasteiger partial charge in [0.05, 0.1) is 28.9 Å². The van der Waals surface area contributed by atoms with Crippen LogP contribution in [0.15, 0.2) is 12.1 Å². The van der Waals surface area contributed by atoms with E-state index in [1.807, 2.05) is 6.07 Å². The minimum Gasteiger partial charge on any atom is -0.496 e. The molecule has 0 amide bonds. The zero-order chi connectivity index (χ0) is 9.84. The number of aliphatic hydroxyl groups excluding tert-OH is 1. The van der Waals surface area contributed by atoms with Gasteiger partial charge in [0.2, 0.25) is 0 Å². The largest absolute Gasteiger partial charge is 0.496 e. The molecular weight excluding hydrogens is 281 g/mol. The Bertz CT molecular complexity index is 357. The van der Waals surface area contributed by atoms with Crippen molar-refractivity contribution in [2.45, 2.75) is 6.61 Å². The predicted molar refractivity (Wildman–Crippen MR) is 56.3 cm³/mol. The second-order valence-electron chi connectivity index (χ2n) is 2.41. The summed E-state index contributed by atoms with van der Waals surface area (Å²) in [7, 11) is 1.55. The van der Waals surface area contributed by atoms with E-state index in [0.717, 1.165) is 3.57 Å². The van der Waals surface area contributed by atoms with E-state index in [0.29, 0.717) is 16.9 Å². The second kappa shape index (κ2) is 4.44. The molecule has 0 aromatic heterocycles. The van der Waals surface area contributed by atoms with E-state index in [2.05, 4.69) is 22.6 Å². The molecule has 1 N–H and O–H groups in total. The summed E-state index contributed by atoms with van der Waals surface area (Å²) in [5.74, 6) is 0.661. The smallest absolute Gasteiger partial charge is 0.133 e. The monoisotopic (exact) mass is 289 g/mol. The molecule has 4 heteroatoms. The van der Waals surface area contributed by atoms with Crippen molar-refractivity contribution in [2.24, 2.45) is 0 Å². The first-order valence-corrected chi connectivity index (χ1v) is 4.68. The van der Waals surface area contributed by atoms with Crippen molar-refractivity contribution in [3.05, 3.63) is 26.8 Å². The fourth-order valence-electron chi connectivity index (χ4n) is 0.986. The molecule has 0 atom stereocenters. The Labute approximate surface area is 90.1 Å². The van der Waals surface area contributed by atoms with Gasteiger partial charge in [-0.3, -0.25) is 0 Å². The Morgan fingerprint density at radius 2 is 2.31 bits per heavy atom. The highest BCUT2D eigenvalue weighted by Crippen LogP contribution is 2.24. The van der Waals surface area contributed by atoms with Crippen LogP contribution in [0.3, 0.4) is 0 Å². The summed E-state index contributed by atoms with van der Waals surface area (Å²) >= 11 is 2.10. The normalized spacial score (nSPS) is 9.38. The Balaban J connectivity index is 3.28. The lowest BCUT2D eigenvalue weighted by atomic mass is 10.1. The molecule has 0 aliphatic carbocycles. The van der Waals surface area contributed by atoms with Crippen LogP contribution in [-0.4, -0.2) is 12.2 Å². The molecule has 68 valence electrons. The maximum Gasteiger partial charge on any atom is 0.133 e. The number of aliphatic hydroxyl groups is 1. The van der Waals surface area contributed by atoms with Crippen molar-refractivity contribution in [1.29, 1.82) is 5.26 Å². The molecule has 0 saturated carbocycles. The van der Waals surface area contributed by atoms with Gasteiger partial charge in [-0.25, -0.2) is 0 Å². The maximum absolute atomic E-state index is 8.94. The molecule has 0 aliphatic heterocycles. The highest BCUT2D eigenvalue weighted by molar-refractivity contribution is 14.1. The van der Waals surface area contributed by atoms with Gasteiger partial charge in [-0.2, -0.15) is 5.26 Å². The topological polar surface area (TPSA) is 53.2 Å². The molecule has 1 rings (SSSR count). The average molecular weight is 289 g/mol. The Kier molecular flexibility index (Phi) is 3.51. The van der Waals surface area contributed by atoms with Gasteiger partial charge in [-0.05, 0) is 40.3 Å². The van der Waals surface area contributed by atoms with Gasteiger partial charge < -0.3 is 9.84 Å². The highest BCUT2D eigenvalue weighted by atomic mass is 127. The zero-order valence-electron chi connectivity index (χ0n) is 7.04. The number of hydrogen-bond acceptors (Lipinski definition) is 3. The number of hydrogen-bond donors (Lipinski definition) is 1. The Morgan fingerprint density at radius 3 is 2.77 bits per heavy atom. The number of halogens is 1. The van der Waals surface area contributed by atoms with E-state index < -0.39 is 0 Å². The third kappa shape index (κ3) is 2.11. The number of methoxy groups -OCH3 is 1. The summed E-state index contributed by atoms with van der Waals surface area (Å²) in [5, 5.41) is 17.7. The molecule has 0 bridgehead atoms. The summed E-state index contributed by atoms with van der Waals surface area (Å²) in [6.07, 6.45) is 0. The second-order valence-corrected chi connectivity index (χ2v) is 3.58. The SMILES string of the molecule is COc1cc(C#N)c(CO)cc1I. The van der Waals surface area contributed by atoms with E-state index in [4.69, 9.17) is 15.1 Å². The predicted octanol–water partition coefficient (Wildman–Crippen LogP) is 1.66. The molecule has 0 unspecified atom stereocenters. The van der Waals surface area contributed by atoms with Gasteiger partial charge in [0.25, 0.3) is 0 Å². The standard InChI is InChI=1S/C9H8INO2/c1-13-9-3-6(4-11)7(5-12)2-8(9)10/h2-3,12H,5H2,1H3. The van der Waals surface area contributed by atoms with Crippen molar-refractivity contribution < 1.29 is 9.84 Å². The third-order valence-corrected chi connectivity index (χ3v) is 2.51. The van der Waals surface area contributed by atoms with Gasteiger partial charge in [0, 0.05) is 0 Å². The Hall–Kier alpha value is -0.800. The van der Waals surface area contributed by atoms with E-state index >= 15 is 0 Å². The van der Waals surface area contributed by atoms with Crippen LogP contribution in [0.1, 0.15) is 11.1 Å². The van der Waals surface area contributed by atoms with Crippen LogP contribution in [0.2, 0.25) is 0 Å². The average Bonchev–Trinajstić information content (AvgIpc) is 2.17. The lowest BCUT2D eigenvalue weighted by Crippen LogP contribution is -1.94. The molecular formula is C9H8INO2. The molecule has 0 spiro atoms. The van der Waals surface area contributed by atoms with Gasteiger partial charge in [0.15, 0.2) is 0 Å². The maximum atomic E-state index is 8.94. The molecule has 0 aliphatic rings. The minimum atomic E-state index is -0.122. The fraction of sp³-hybridized carbons (Fsp3) is 0.222. The van der Waals surface area contributed by atoms with Gasteiger partial charge in [-0.1, -0.05) is 0 Å². The first-order chi connectivity index (χ1) is 6.22. The summed E-state index contributed by atoms with van der Waals surface area (Å²) in [6, 6.07) is 5.39. The van der Waals surface area contributed by atoms with Crippen LogP contribution >= 0.6 is 22.6 Å². The van der Waals surface area contributed by atoms with Crippen LogP contribution in [0.25, 0.3) is 0 Å². The molecule has 1 aromatic carbocycles. The van der Waals surface area contributed by atoms with Gasteiger partial charge >= 0.3 is 0 Å². The molecule has 3 nitrogen and oxygen atoms in total. The quantitative estimate of drug-likeness (QED) is 0.842. The fourth-order valence-corrected chi connectivity index (χ4v) is 1.74. The van der Waals surface area contributed by atoms with E-state index in [-0.39, 0.29) is 6.61 Å². The summed E-state index contributed by atoms with van der Waals surface area (Å²) in [4.78, 5) is 0. The number of benzene rings is 1. The molecule has 0 saturated heterocycles. The highest BCUT2D eigenvalue weighted by Gasteiger charge is 2.07. The van der Waals surface area contributed by atoms with Crippen LogP contribution in [0.4, 0.5) is 0 Å². The molecule has 1 aromatic rings. The third-order valence-electron chi connectivity index (χ3n) is 1.67. The summed E-state index contributed by atoms with van der Waals surface area (Å²) in [6.45, 7) is -0.122. The number of ether oxygens (including phenoxy) is 1. The number of nitriles is 1. The van der Waals surface area contributed by atoms with Crippen molar-refractivity contribution in [2.75, 3.05) is 7.11 Å². The van der Waals surface area contributed by atoms with Gasteiger partial charge in [0.1, 0.15) is 5.75 Å². The van der Waals surface area contributed by atoms with Gasteiger partial charge in [-0.15, -0.1) is 0 Å². The van der Waals surface area contributed by atoms with Crippen molar-refractivity contribution in [3.8, 4) is 11.8 Å². The van der Waals surface area contributed by atoms with E-state index in [1.54, 1.807) is 19.2 Å². The van der Waals surface area contributed by atoms with Crippen LogP contribution in [0, 0.1) is 14.9 Å². The number of rotatable bonds is 2. The van der Waals surface area contributed by atoms with Crippen molar-refractivity contribution in [1.82, 2.24) is 0 Å². The zero-order valence-corrected chi connectivity index (χ0v) is 9.20. The summed E-state index contributed by atoms with van der Waals surface area (Å²) in [5.41, 5.74) is 1.09. The molecule has 0 heterocycles. The lowest BCUT2D eigenvalue weighted by molar-refractivity contribution is 0.281. The molecule has 0 fully saturated rings. The molecule has 0 radical (unpaired) electrons. The van der Waals surface area contributed by atoms with Crippen LogP contribution in [-0.2, 0) is 6.61 Å².